The third kappa shape index (κ3) is 24.9. The van der Waals surface area contributed by atoms with Crippen LogP contribution in [0.3, 0.4) is 0 Å². The molecule has 0 aliphatic carbocycles. The lowest BCUT2D eigenvalue weighted by atomic mass is 10.0. The SMILES string of the molecule is CC(C)(C)OC(=O)CCOCCOCCOCCOCCOCCOCCN(C[C@H](O)[C@@H](O)[C@H](O)[C@H](O)CO)C[C@H](O)[C@@H](O)[C@H](O)[C@H](O)CO. The summed E-state index contributed by atoms with van der Waals surface area (Å²) in [4.78, 5) is 12.9. The fraction of sp³-hybridized carbons (Fsp3) is 0.968. The lowest BCUT2D eigenvalue weighted by molar-refractivity contribution is -0.156. The van der Waals surface area contributed by atoms with Crippen LogP contribution in [0.1, 0.15) is 27.2 Å². The van der Waals surface area contributed by atoms with Gasteiger partial charge >= 0.3 is 5.97 Å². The Kier molecular flexibility index (Phi) is 28.6. The van der Waals surface area contributed by atoms with Crippen molar-refractivity contribution in [3.63, 3.8) is 0 Å². The van der Waals surface area contributed by atoms with Gasteiger partial charge in [-0.15, -0.1) is 0 Å². The van der Waals surface area contributed by atoms with E-state index >= 15 is 0 Å². The van der Waals surface area contributed by atoms with E-state index in [1.807, 2.05) is 0 Å². The molecule has 300 valence electrons. The van der Waals surface area contributed by atoms with Crippen molar-refractivity contribution < 1.29 is 89.0 Å². The van der Waals surface area contributed by atoms with Crippen LogP contribution in [0, 0.1) is 0 Å². The molecule has 0 radical (unpaired) electrons. The van der Waals surface area contributed by atoms with Crippen molar-refractivity contribution in [3.05, 3.63) is 0 Å². The molecule has 0 aromatic carbocycles. The number of esters is 1. The molecule has 0 aromatic rings. The van der Waals surface area contributed by atoms with Crippen molar-refractivity contribution in [2.24, 2.45) is 0 Å². The number of carbonyl (C=O) groups is 1. The normalized spacial score (nSPS) is 17.2. The van der Waals surface area contributed by atoms with Crippen LogP contribution in [0.4, 0.5) is 0 Å². The quantitative estimate of drug-likeness (QED) is 0.0223. The zero-order valence-corrected chi connectivity index (χ0v) is 29.5. The van der Waals surface area contributed by atoms with Crippen LogP contribution in [0.25, 0.3) is 0 Å². The maximum absolute atomic E-state index is 11.6. The molecule has 0 aromatic heterocycles. The fourth-order valence-corrected chi connectivity index (χ4v) is 4.07. The number of nitrogens with zero attached hydrogens (tertiary/aromatic N) is 1. The van der Waals surface area contributed by atoms with Crippen LogP contribution in [-0.4, -0.2) is 228 Å². The molecule has 0 saturated carbocycles. The second-order valence-corrected chi connectivity index (χ2v) is 12.4. The highest BCUT2D eigenvalue weighted by Crippen LogP contribution is 2.11. The molecule has 0 spiro atoms. The molecular formula is C31H63NO18. The molecule has 50 heavy (non-hydrogen) atoms. The zero-order valence-electron chi connectivity index (χ0n) is 29.5. The highest BCUT2D eigenvalue weighted by molar-refractivity contribution is 5.69. The molecule has 0 amide bonds. The van der Waals surface area contributed by atoms with E-state index in [9.17, 15) is 45.6 Å². The standard InChI is InChI=1S/C31H63NO18/c1-31(2,3)50-26(39)4-6-44-8-10-46-12-14-48-16-17-49-15-13-47-11-9-45-7-5-32(18-22(35)27(40)29(42)24(37)20-33)19-23(36)28(41)30(43)25(38)21-34/h22-25,27-30,33-38,40-43H,4-21H2,1-3H3/t22-,23-,24+,25+,27+,28+,29+,30+/m0/s1. The van der Waals surface area contributed by atoms with Gasteiger partial charge in [-0.3, -0.25) is 9.69 Å². The van der Waals surface area contributed by atoms with Gasteiger partial charge in [0.15, 0.2) is 0 Å². The maximum Gasteiger partial charge on any atom is 0.308 e. The minimum Gasteiger partial charge on any atom is -0.460 e. The van der Waals surface area contributed by atoms with E-state index in [4.69, 9.17) is 43.4 Å². The molecule has 0 aliphatic rings. The third-order valence-electron chi connectivity index (χ3n) is 6.82. The van der Waals surface area contributed by atoms with Gasteiger partial charge in [-0.25, -0.2) is 0 Å². The predicted octanol–water partition coefficient (Wildman–Crippen LogP) is -5.01. The summed E-state index contributed by atoms with van der Waals surface area (Å²) >= 11 is 0. The van der Waals surface area contributed by atoms with Crippen LogP contribution in [0.15, 0.2) is 0 Å². The Morgan fingerprint density at radius 2 is 0.800 bits per heavy atom. The second kappa shape index (κ2) is 29.3. The number of ether oxygens (including phenoxy) is 7. The molecule has 0 rings (SSSR count). The van der Waals surface area contributed by atoms with Crippen molar-refractivity contribution in [2.45, 2.75) is 81.6 Å². The Morgan fingerprint density at radius 3 is 1.12 bits per heavy atom. The largest absolute Gasteiger partial charge is 0.460 e. The van der Waals surface area contributed by atoms with E-state index < -0.39 is 67.6 Å². The summed E-state index contributed by atoms with van der Waals surface area (Å²) in [7, 11) is 0. The Hall–Kier alpha value is -1.21. The predicted molar refractivity (Wildman–Crippen MR) is 174 cm³/mol. The molecular weight excluding hydrogens is 674 g/mol. The van der Waals surface area contributed by atoms with E-state index in [1.54, 1.807) is 20.8 Å². The third-order valence-corrected chi connectivity index (χ3v) is 6.82. The smallest absolute Gasteiger partial charge is 0.308 e. The number of carbonyl (C=O) groups excluding carboxylic acids is 1. The summed E-state index contributed by atoms with van der Waals surface area (Å²) in [6.45, 7) is 6.49. The summed E-state index contributed by atoms with van der Waals surface area (Å²) in [5, 5.41) is 97.9. The van der Waals surface area contributed by atoms with E-state index in [0.717, 1.165) is 0 Å². The van der Waals surface area contributed by atoms with Crippen LogP contribution < -0.4 is 0 Å². The number of aliphatic hydroxyl groups is 10. The molecule has 0 heterocycles. The number of rotatable bonds is 33. The van der Waals surface area contributed by atoms with Crippen LogP contribution in [0.5, 0.6) is 0 Å². The zero-order chi connectivity index (χ0) is 38.0. The number of hydrogen-bond donors (Lipinski definition) is 10. The Bertz CT molecular complexity index is 778. The first-order valence-corrected chi connectivity index (χ1v) is 16.7. The van der Waals surface area contributed by atoms with Crippen molar-refractivity contribution in [1.82, 2.24) is 4.90 Å². The lowest BCUT2D eigenvalue weighted by Gasteiger charge is -2.33. The average molecular weight is 738 g/mol. The van der Waals surface area contributed by atoms with Crippen LogP contribution in [0.2, 0.25) is 0 Å². The van der Waals surface area contributed by atoms with E-state index in [2.05, 4.69) is 0 Å². The number of aliphatic hydroxyl groups excluding tert-OH is 10. The monoisotopic (exact) mass is 737 g/mol. The summed E-state index contributed by atoms with van der Waals surface area (Å²) < 4.78 is 37.7. The molecule has 19 heteroatoms. The minimum atomic E-state index is -1.87. The van der Waals surface area contributed by atoms with E-state index in [-0.39, 0.29) is 58.5 Å². The topological polar surface area (TPSA) is 287 Å². The van der Waals surface area contributed by atoms with E-state index in [0.29, 0.717) is 52.9 Å². The van der Waals surface area contributed by atoms with Gasteiger partial charge in [-0.05, 0) is 20.8 Å². The van der Waals surface area contributed by atoms with Crippen molar-refractivity contribution in [2.75, 3.05) is 112 Å². The number of hydrogen-bond acceptors (Lipinski definition) is 19. The van der Waals surface area contributed by atoms with Gasteiger partial charge in [-0.1, -0.05) is 0 Å². The Balaban J connectivity index is 4.11. The molecule has 10 N–H and O–H groups in total. The highest BCUT2D eigenvalue weighted by Gasteiger charge is 2.34. The van der Waals surface area contributed by atoms with Gasteiger partial charge in [0.25, 0.3) is 0 Å². The summed E-state index contributed by atoms with van der Waals surface area (Å²) in [5.74, 6) is -0.308. The first-order valence-electron chi connectivity index (χ1n) is 16.7. The van der Waals surface area contributed by atoms with Gasteiger partial charge in [0.2, 0.25) is 0 Å². The first-order chi connectivity index (χ1) is 23.6. The van der Waals surface area contributed by atoms with Gasteiger partial charge in [0, 0.05) is 19.6 Å². The second-order valence-electron chi connectivity index (χ2n) is 12.4. The maximum atomic E-state index is 11.6. The summed E-state index contributed by atoms with van der Waals surface area (Å²) in [6, 6.07) is 0. The van der Waals surface area contributed by atoms with Crippen LogP contribution >= 0.6 is 0 Å². The minimum absolute atomic E-state index is 0.0304. The molecule has 0 fully saturated rings. The van der Waals surface area contributed by atoms with Crippen molar-refractivity contribution >= 4 is 5.97 Å². The summed E-state index contributed by atoms with van der Waals surface area (Å²) in [5.41, 5.74) is -0.515. The molecule has 8 atom stereocenters. The van der Waals surface area contributed by atoms with Gasteiger partial charge in [-0.2, -0.15) is 0 Å². The molecule has 0 unspecified atom stereocenters. The van der Waals surface area contributed by atoms with Gasteiger partial charge in [0.05, 0.1) is 111 Å². The molecule has 0 saturated heterocycles. The van der Waals surface area contributed by atoms with Gasteiger partial charge < -0.3 is 84.2 Å². The Morgan fingerprint density at radius 1 is 0.500 bits per heavy atom. The van der Waals surface area contributed by atoms with E-state index in [1.165, 1.54) is 4.90 Å². The molecule has 0 aliphatic heterocycles. The highest BCUT2D eigenvalue weighted by atomic mass is 16.6. The van der Waals surface area contributed by atoms with Crippen molar-refractivity contribution in [3.8, 4) is 0 Å². The molecule has 0 bridgehead atoms. The average Bonchev–Trinajstić information content (AvgIpc) is 3.07. The van der Waals surface area contributed by atoms with Crippen molar-refractivity contribution in [1.29, 1.82) is 0 Å². The van der Waals surface area contributed by atoms with Crippen LogP contribution in [-0.2, 0) is 38.0 Å². The summed E-state index contributed by atoms with van der Waals surface area (Å²) in [6.07, 6.45) is -14.1. The first kappa shape index (κ1) is 48.8. The lowest BCUT2D eigenvalue weighted by Crippen LogP contribution is -2.53. The molecule has 19 nitrogen and oxygen atoms in total. The van der Waals surface area contributed by atoms with Gasteiger partial charge in [0.1, 0.15) is 42.2 Å². The Labute approximate surface area is 293 Å². The fourth-order valence-electron chi connectivity index (χ4n) is 4.07.